The molecular weight excluding hydrogens is 413 g/mol. The van der Waals surface area contributed by atoms with Crippen LogP contribution in [-0.2, 0) is 30.5 Å². The van der Waals surface area contributed by atoms with Crippen molar-refractivity contribution in [2.75, 3.05) is 31.6 Å². The lowest BCUT2D eigenvalue weighted by Crippen LogP contribution is -2.46. The Morgan fingerprint density at radius 3 is 2.90 bits per heavy atom. The Morgan fingerprint density at radius 1 is 1.19 bits per heavy atom. The number of alkyl halides is 3. The molecule has 0 bridgehead atoms. The molecule has 0 aromatic carbocycles. The summed E-state index contributed by atoms with van der Waals surface area (Å²) >= 11 is 0. The third-order valence-electron chi connectivity index (χ3n) is 5.73. The number of halogens is 3. The van der Waals surface area contributed by atoms with Crippen molar-refractivity contribution in [3.05, 3.63) is 45.8 Å². The number of nitrogens with zero attached hydrogens (tertiary/aromatic N) is 5. The minimum Gasteiger partial charge on any atom is -0.376 e. The molecule has 2 aromatic heterocycles. The average molecular weight is 438 g/mol. The van der Waals surface area contributed by atoms with E-state index in [1.165, 1.54) is 4.68 Å². The van der Waals surface area contributed by atoms with Crippen LogP contribution in [0.15, 0.2) is 23.3 Å². The molecule has 2 aliphatic heterocycles. The Balaban J connectivity index is 1.38. The first kappa shape index (κ1) is 21.7. The maximum atomic E-state index is 12.9. The normalized spacial score (nSPS) is 19.8. The van der Waals surface area contributed by atoms with E-state index in [0.29, 0.717) is 39.3 Å². The summed E-state index contributed by atoms with van der Waals surface area (Å²) in [6.07, 6.45) is 0.142. The Hall–Kier alpha value is -2.53. The quantitative estimate of drug-likeness (QED) is 0.739. The van der Waals surface area contributed by atoms with Crippen molar-refractivity contribution in [1.29, 1.82) is 0 Å². The van der Waals surface area contributed by atoms with Gasteiger partial charge in [0, 0.05) is 43.2 Å². The summed E-state index contributed by atoms with van der Waals surface area (Å²) in [6, 6.07) is 2.66. The fourth-order valence-corrected chi connectivity index (χ4v) is 4.05. The second-order valence-corrected chi connectivity index (χ2v) is 7.83. The summed E-state index contributed by atoms with van der Waals surface area (Å²) in [5.74, 6) is 0.155. The van der Waals surface area contributed by atoms with Gasteiger partial charge in [0.05, 0.1) is 25.5 Å². The Morgan fingerprint density at radius 2 is 2.06 bits per heavy atom. The fraction of sp³-hybridized carbons (Fsp3) is 0.600. The van der Waals surface area contributed by atoms with Crippen LogP contribution >= 0.6 is 0 Å². The molecule has 0 aliphatic carbocycles. The Kier molecular flexibility index (Phi) is 6.51. The summed E-state index contributed by atoms with van der Waals surface area (Å²) < 4.78 is 45.5. The zero-order valence-electron chi connectivity index (χ0n) is 17.1. The highest BCUT2D eigenvalue weighted by molar-refractivity contribution is 5.35. The number of fused-ring (bicyclic) bond motifs is 1. The van der Waals surface area contributed by atoms with Crippen molar-refractivity contribution < 1.29 is 17.9 Å². The molecule has 0 radical (unpaired) electrons. The van der Waals surface area contributed by atoms with Crippen molar-refractivity contribution in [3.63, 3.8) is 0 Å². The lowest BCUT2D eigenvalue weighted by atomic mass is 10.0. The molecule has 0 spiro atoms. The van der Waals surface area contributed by atoms with Gasteiger partial charge >= 0.3 is 6.18 Å². The molecule has 1 N–H and O–H groups in total. The molecule has 31 heavy (non-hydrogen) atoms. The maximum absolute atomic E-state index is 12.9. The molecule has 1 fully saturated rings. The number of ether oxygens (including phenoxy) is 1. The third kappa shape index (κ3) is 5.40. The predicted molar refractivity (Wildman–Crippen MR) is 107 cm³/mol. The number of rotatable bonds is 6. The van der Waals surface area contributed by atoms with E-state index < -0.39 is 11.9 Å². The molecule has 4 heterocycles. The van der Waals surface area contributed by atoms with Gasteiger partial charge < -0.3 is 10.1 Å². The predicted octanol–water partition coefficient (Wildman–Crippen LogP) is 2.09. The van der Waals surface area contributed by atoms with Crippen molar-refractivity contribution in [2.24, 2.45) is 0 Å². The lowest BCUT2D eigenvalue weighted by molar-refractivity contribution is -0.141. The molecule has 0 amide bonds. The van der Waals surface area contributed by atoms with Gasteiger partial charge in [0.2, 0.25) is 0 Å². The summed E-state index contributed by atoms with van der Waals surface area (Å²) in [7, 11) is 0. The molecule has 1 saturated heterocycles. The number of hydrogen-bond donors (Lipinski definition) is 1. The van der Waals surface area contributed by atoms with E-state index in [1.54, 1.807) is 6.07 Å². The van der Waals surface area contributed by atoms with Crippen molar-refractivity contribution in [2.45, 2.75) is 51.1 Å². The summed E-state index contributed by atoms with van der Waals surface area (Å²) in [5, 5.41) is 7.52. The Labute approximate surface area is 177 Å². The van der Waals surface area contributed by atoms with Gasteiger partial charge in [0.15, 0.2) is 0 Å². The number of likely N-dealkylation sites (tertiary alicyclic amines) is 1. The van der Waals surface area contributed by atoms with Gasteiger partial charge in [0.1, 0.15) is 17.8 Å². The van der Waals surface area contributed by atoms with Crippen LogP contribution < -0.4 is 10.9 Å². The summed E-state index contributed by atoms with van der Waals surface area (Å²) in [4.78, 5) is 21.8. The van der Waals surface area contributed by atoms with Gasteiger partial charge in [-0.25, -0.2) is 14.6 Å². The second kappa shape index (κ2) is 9.31. The van der Waals surface area contributed by atoms with Gasteiger partial charge in [-0.3, -0.25) is 9.69 Å². The van der Waals surface area contributed by atoms with Crippen LogP contribution in [0, 0.1) is 0 Å². The van der Waals surface area contributed by atoms with Crippen LogP contribution in [-0.4, -0.2) is 56.9 Å². The molecule has 8 nitrogen and oxygen atoms in total. The van der Waals surface area contributed by atoms with Crippen LogP contribution in [0.1, 0.15) is 36.2 Å². The highest BCUT2D eigenvalue weighted by Crippen LogP contribution is 2.28. The number of aromatic nitrogens is 4. The van der Waals surface area contributed by atoms with E-state index in [0.717, 1.165) is 49.5 Å². The van der Waals surface area contributed by atoms with Gasteiger partial charge in [-0.05, 0) is 19.4 Å². The SMILES string of the molecule is O=c1cc2c(nn1CCN1CCCCC1CNc1cc(C(F)(F)F)ncn1)CCOC2. The molecule has 168 valence electrons. The van der Waals surface area contributed by atoms with E-state index in [2.05, 4.69) is 25.3 Å². The first-order valence-corrected chi connectivity index (χ1v) is 10.4. The van der Waals surface area contributed by atoms with E-state index in [9.17, 15) is 18.0 Å². The van der Waals surface area contributed by atoms with Crippen molar-refractivity contribution >= 4 is 5.82 Å². The number of piperidine rings is 1. The fourth-order valence-electron chi connectivity index (χ4n) is 4.05. The number of nitrogens with one attached hydrogen (secondary N) is 1. The van der Waals surface area contributed by atoms with E-state index in [-0.39, 0.29) is 17.4 Å². The molecular formula is C20H25F3N6O2. The zero-order valence-corrected chi connectivity index (χ0v) is 17.1. The lowest BCUT2D eigenvalue weighted by Gasteiger charge is -2.36. The van der Waals surface area contributed by atoms with Gasteiger partial charge in [0.25, 0.3) is 5.56 Å². The van der Waals surface area contributed by atoms with Gasteiger partial charge in [-0.15, -0.1) is 0 Å². The minimum absolute atomic E-state index is 0.139. The van der Waals surface area contributed by atoms with E-state index in [1.807, 2.05) is 0 Å². The topological polar surface area (TPSA) is 85.2 Å². The second-order valence-electron chi connectivity index (χ2n) is 7.83. The minimum atomic E-state index is -4.50. The van der Waals surface area contributed by atoms with Crippen LogP contribution in [0.2, 0.25) is 0 Å². The summed E-state index contributed by atoms with van der Waals surface area (Å²) in [5.41, 5.74) is 0.660. The zero-order chi connectivity index (χ0) is 21.8. The van der Waals surface area contributed by atoms with Crippen LogP contribution in [0.5, 0.6) is 0 Å². The molecule has 11 heteroatoms. The highest BCUT2D eigenvalue weighted by atomic mass is 19.4. The van der Waals surface area contributed by atoms with E-state index >= 15 is 0 Å². The monoisotopic (exact) mass is 438 g/mol. The van der Waals surface area contributed by atoms with Gasteiger partial charge in [-0.1, -0.05) is 6.42 Å². The average Bonchev–Trinajstić information content (AvgIpc) is 2.76. The standard InChI is InChI=1S/C20H25F3N6O2/c21-20(22,23)17-10-18(26-13-25-17)24-11-15-3-1-2-5-28(15)6-7-29-19(30)9-14-12-31-8-4-16(14)27-29/h9-10,13,15H,1-8,11-12H2,(H,24,25,26). The molecule has 0 saturated carbocycles. The molecule has 1 unspecified atom stereocenters. The van der Waals surface area contributed by atoms with Gasteiger partial charge in [-0.2, -0.15) is 18.3 Å². The van der Waals surface area contributed by atoms with Crippen molar-refractivity contribution in [1.82, 2.24) is 24.6 Å². The number of anilines is 1. The molecule has 2 aliphatic rings. The van der Waals surface area contributed by atoms with Crippen LogP contribution in [0.4, 0.5) is 19.0 Å². The smallest absolute Gasteiger partial charge is 0.376 e. The molecule has 4 rings (SSSR count). The third-order valence-corrected chi connectivity index (χ3v) is 5.73. The van der Waals surface area contributed by atoms with Crippen LogP contribution in [0.25, 0.3) is 0 Å². The first-order chi connectivity index (χ1) is 14.9. The highest BCUT2D eigenvalue weighted by Gasteiger charge is 2.33. The van der Waals surface area contributed by atoms with Crippen molar-refractivity contribution in [3.8, 4) is 0 Å². The first-order valence-electron chi connectivity index (χ1n) is 10.4. The van der Waals surface area contributed by atoms with Crippen LogP contribution in [0.3, 0.4) is 0 Å². The maximum Gasteiger partial charge on any atom is 0.433 e. The molecule has 2 aromatic rings. The summed E-state index contributed by atoms with van der Waals surface area (Å²) in [6.45, 7) is 3.49. The van der Waals surface area contributed by atoms with E-state index in [4.69, 9.17) is 4.74 Å². The largest absolute Gasteiger partial charge is 0.433 e. The number of hydrogen-bond acceptors (Lipinski definition) is 7. The Bertz CT molecular complexity index is 965. The molecule has 1 atom stereocenters.